The Balaban J connectivity index is 1.71. The lowest BCUT2D eigenvalue weighted by Crippen LogP contribution is -2.27. The van der Waals surface area contributed by atoms with E-state index in [4.69, 9.17) is 21.7 Å². The van der Waals surface area contributed by atoms with Crippen molar-refractivity contribution >= 4 is 51.9 Å². The fourth-order valence-corrected chi connectivity index (χ4v) is 3.76. The summed E-state index contributed by atoms with van der Waals surface area (Å²) in [6.07, 6.45) is 1.70. The van der Waals surface area contributed by atoms with E-state index in [0.29, 0.717) is 27.3 Å². The third-order valence-electron chi connectivity index (χ3n) is 3.70. The zero-order chi connectivity index (χ0) is 20.1. The number of halogens is 1. The van der Waals surface area contributed by atoms with Crippen molar-refractivity contribution in [3.63, 3.8) is 0 Å². The van der Waals surface area contributed by atoms with Gasteiger partial charge >= 0.3 is 5.97 Å². The summed E-state index contributed by atoms with van der Waals surface area (Å²) in [5, 5.41) is 0. The maximum absolute atomic E-state index is 13.5. The van der Waals surface area contributed by atoms with Crippen molar-refractivity contribution in [2.45, 2.75) is 6.92 Å². The number of benzene rings is 2. The molecule has 1 heterocycles. The number of thioether (sulfide) groups is 1. The van der Waals surface area contributed by atoms with Gasteiger partial charge in [0.1, 0.15) is 11.6 Å². The molecule has 0 radical (unpaired) electrons. The van der Waals surface area contributed by atoms with Crippen LogP contribution in [0.4, 0.5) is 10.1 Å². The molecule has 0 atom stereocenters. The summed E-state index contributed by atoms with van der Waals surface area (Å²) in [6, 6.07) is 12.6. The summed E-state index contributed by atoms with van der Waals surface area (Å²) in [5.74, 6) is -0.665. The molecular weight excluding hydrogens is 401 g/mol. The van der Waals surface area contributed by atoms with Crippen molar-refractivity contribution in [3.8, 4) is 5.75 Å². The van der Waals surface area contributed by atoms with Crippen LogP contribution in [0.5, 0.6) is 5.75 Å². The summed E-state index contributed by atoms with van der Waals surface area (Å²) in [6.45, 7) is 1.86. The average molecular weight is 417 g/mol. The first-order valence-electron chi connectivity index (χ1n) is 8.40. The average Bonchev–Trinajstić information content (AvgIpc) is 2.94. The van der Waals surface area contributed by atoms with Crippen LogP contribution >= 0.6 is 24.0 Å². The number of anilines is 1. The van der Waals surface area contributed by atoms with Gasteiger partial charge in [0.25, 0.3) is 5.91 Å². The van der Waals surface area contributed by atoms with Gasteiger partial charge in [-0.3, -0.25) is 9.69 Å². The van der Waals surface area contributed by atoms with Crippen molar-refractivity contribution in [1.29, 1.82) is 0 Å². The second-order valence-corrected chi connectivity index (χ2v) is 7.34. The lowest BCUT2D eigenvalue weighted by atomic mass is 10.2. The molecule has 1 aliphatic heterocycles. The van der Waals surface area contributed by atoms with Crippen LogP contribution in [0.1, 0.15) is 12.5 Å². The largest absolute Gasteiger partial charge is 0.482 e. The number of hydrogen-bond acceptors (Lipinski definition) is 6. The Hall–Kier alpha value is -2.71. The Morgan fingerprint density at radius 3 is 2.68 bits per heavy atom. The Morgan fingerprint density at radius 1 is 1.25 bits per heavy atom. The van der Waals surface area contributed by atoms with Gasteiger partial charge in [-0.2, -0.15) is 0 Å². The maximum atomic E-state index is 13.5. The molecule has 0 N–H and O–H groups in total. The van der Waals surface area contributed by atoms with Gasteiger partial charge in [0, 0.05) is 0 Å². The van der Waals surface area contributed by atoms with Crippen LogP contribution in [0.15, 0.2) is 53.4 Å². The quantitative estimate of drug-likeness (QED) is 0.399. The van der Waals surface area contributed by atoms with Crippen LogP contribution < -0.4 is 9.64 Å². The first kappa shape index (κ1) is 20.0. The molecule has 0 aromatic heterocycles. The zero-order valence-electron chi connectivity index (χ0n) is 14.9. The lowest BCUT2D eigenvalue weighted by molar-refractivity contribution is -0.145. The van der Waals surface area contributed by atoms with E-state index >= 15 is 0 Å². The molecule has 0 bridgehead atoms. The van der Waals surface area contributed by atoms with Crippen LogP contribution in [-0.2, 0) is 14.3 Å². The molecule has 0 saturated carbocycles. The van der Waals surface area contributed by atoms with E-state index < -0.39 is 11.8 Å². The highest BCUT2D eigenvalue weighted by atomic mass is 32.2. The summed E-state index contributed by atoms with van der Waals surface area (Å²) in [7, 11) is 0. The fourth-order valence-electron chi connectivity index (χ4n) is 2.46. The van der Waals surface area contributed by atoms with Crippen molar-refractivity contribution in [2.75, 3.05) is 18.1 Å². The number of thiocarbonyl (C=S) groups is 1. The van der Waals surface area contributed by atoms with Crippen LogP contribution in [0.2, 0.25) is 0 Å². The summed E-state index contributed by atoms with van der Waals surface area (Å²) < 4.78 is 23.9. The molecule has 1 amide bonds. The molecule has 0 spiro atoms. The number of esters is 1. The van der Waals surface area contributed by atoms with E-state index in [9.17, 15) is 14.0 Å². The van der Waals surface area contributed by atoms with Crippen LogP contribution in [0.3, 0.4) is 0 Å². The van der Waals surface area contributed by atoms with Gasteiger partial charge < -0.3 is 9.47 Å². The summed E-state index contributed by atoms with van der Waals surface area (Å²) >= 11 is 6.43. The van der Waals surface area contributed by atoms with Gasteiger partial charge in [0.05, 0.1) is 17.2 Å². The predicted molar refractivity (Wildman–Crippen MR) is 111 cm³/mol. The van der Waals surface area contributed by atoms with Crippen molar-refractivity contribution in [2.24, 2.45) is 0 Å². The molecule has 28 heavy (non-hydrogen) atoms. The molecule has 2 aromatic carbocycles. The van der Waals surface area contributed by atoms with Crippen LogP contribution in [0.25, 0.3) is 6.08 Å². The molecule has 1 saturated heterocycles. The smallest absolute Gasteiger partial charge is 0.344 e. The number of nitrogens with zero attached hydrogens (tertiary/aromatic N) is 1. The Labute approximate surface area is 171 Å². The molecule has 1 fully saturated rings. The minimum absolute atomic E-state index is 0.167. The maximum Gasteiger partial charge on any atom is 0.344 e. The van der Waals surface area contributed by atoms with Crippen LogP contribution in [-0.4, -0.2) is 29.4 Å². The van der Waals surface area contributed by atoms with Gasteiger partial charge in [-0.15, -0.1) is 0 Å². The molecule has 3 rings (SSSR count). The normalized spacial score (nSPS) is 15.2. The highest BCUT2D eigenvalue weighted by molar-refractivity contribution is 8.27. The van der Waals surface area contributed by atoms with E-state index in [-0.39, 0.29) is 12.5 Å². The first-order chi connectivity index (χ1) is 13.5. The molecular formula is C20H16FNO4S2. The molecule has 0 unspecified atom stereocenters. The second-order valence-electron chi connectivity index (χ2n) is 5.66. The number of carbonyl (C=O) groups excluding carboxylic acids is 2. The SMILES string of the molecule is CCOC(=O)COc1ccc(C=C2SC(=S)N(c3cccc(F)c3)C2=O)cc1. The summed E-state index contributed by atoms with van der Waals surface area (Å²) in [5.41, 5.74) is 1.16. The Kier molecular flexibility index (Phi) is 6.43. The van der Waals surface area contributed by atoms with Gasteiger partial charge in [-0.25, -0.2) is 9.18 Å². The highest BCUT2D eigenvalue weighted by Crippen LogP contribution is 2.36. The number of hydrogen-bond donors (Lipinski definition) is 0. The lowest BCUT2D eigenvalue weighted by Gasteiger charge is -2.14. The molecule has 0 aliphatic carbocycles. The topological polar surface area (TPSA) is 55.8 Å². The zero-order valence-corrected chi connectivity index (χ0v) is 16.5. The van der Waals surface area contributed by atoms with Crippen molar-refractivity contribution < 1.29 is 23.5 Å². The number of amides is 1. The number of carbonyl (C=O) groups is 2. The molecule has 2 aromatic rings. The molecule has 8 heteroatoms. The van der Waals surface area contributed by atoms with E-state index in [1.54, 1.807) is 43.3 Å². The molecule has 1 aliphatic rings. The third-order valence-corrected chi connectivity index (χ3v) is 5.00. The van der Waals surface area contributed by atoms with E-state index in [2.05, 4.69) is 0 Å². The number of rotatable bonds is 6. The Bertz CT molecular complexity index is 943. The van der Waals surface area contributed by atoms with Gasteiger partial charge in [0.2, 0.25) is 0 Å². The van der Waals surface area contributed by atoms with Crippen LogP contribution in [0, 0.1) is 5.82 Å². The van der Waals surface area contributed by atoms with E-state index in [0.717, 1.165) is 17.3 Å². The van der Waals surface area contributed by atoms with Gasteiger partial charge in [-0.05, 0) is 48.9 Å². The second kappa shape index (κ2) is 8.99. The monoisotopic (exact) mass is 417 g/mol. The number of ether oxygens (including phenoxy) is 2. The van der Waals surface area contributed by atoms with Gasteiger partial charge in [-0.1, -0.05) is 42.2 Å². The van der Waals surface area contributed by atoms with E-state index in [1.807, 2.05) is 0 Å². The molecule has 5 nitrogen and oxygen atoms in total. The fraction of sp³-hybridized carbons (Fsp3) is 0.150. The minimum atomic E-state index is -0.437. The highest BCUT2D eigenvalue weighted by Gasteiger charge is 2.33. The third kappa shape index (κ3) is 4.76. The first-order valence-corrected chi connectivity index (χ1v) is 9.62. The van der Waals surface area contributed by atoms with E-state index in [1.165, 1.54) is 23.1 Å². The van der Waals surface area contributed by atoms with Crippen molar-refractivity contribution in [1.82, 2.24) is 0 Å². The minimum Gasteiger partial charge on any atom is -0.482 e. The van der Waals surface area contributed by atoms with Gasteiger partial charge in [0.15, 0.2) is 10.9 Å². The van der Waals surface area contributed by atoms with Crippen molar-refractivity contribution in [3.05, 3.63) is 64.8 Å². The standard InChI is InChI=1S/C20H16FNO4S2/c1-2-25-18(23)12-26-16-8-6-13(7-9-16)10-17-19(24)22(20(27)28-17)15-5-3-4-14(21)11-15/h3-11H,2,12H2,1H3. The predicted octanol–water partition coefficient (Wildman–Crippen LogP) is 4.17. The Morgan fingerprint density at radius 2 is 2.00 bits per heavy atom. The summed E-state index contributed by atoms with van der Waals surface area (Å²) in [4.78, 5) is 25.8. The molecule has 144 valence electrons.